The summed E-state index contributed by atoms with van der Waals surface area (Å²) < 4.78 is 16.1. The van der Waals surface area contributed by atoms with E-state index in [0.29, 0.717) is 6.61 Å². The number of unbranched alkanes of at least 4 members (excludes halogenated alkanes) is 2. The van der Waals surface area contributed by atoms with Gasteiger partial charge in [-0.1, -0.05) is 6.42 Å². The first-order chi connectivity index (χ1) is 8.61. The van der Waals surface area contributed by atoms with Crippen molar-refractivity contribution >= 4 is 12.6 Å². The molecule has 6 heteroatoms. The van der Waals surface area contributed by atoms with E-state index in [0.717, 1.165) is 25.0 Å². The van der Waals surface area contributed by atoms with Crippen molar-refractivity contribution in [2.45, 2.75) is 44.7 Å². The number of rotatable bonds is 7. The van der Waals surface area contributed by atoms with E-state index in [4.69, 9.17) is 14.2 Å². The van der Waals surface area contributed by atoms with Crippen molar-refractivity contribution in [2.24, 2.45) is 0 Å². The maximum absolute atomic E-state index is 9.75. The highest BCUT2D eigenvalue weighted by Gasteiger charge is 2.37. The normalized spacial score (nSPS) is 28.7. The van der Waals surface area contributed by atoms with Gasteiger partial charge in [0.05, 0.1) is 0 Å². The van der Waals surface area contributed by atoms with Crippen molar-refractivity contribution in [3.05, 3.63) is 11.5 Å². The third kappa shape index (κ3) is 4.05. The number of aliphatic hydroxyl groups excluding tert-OH is 2. The molecule has 106 valence electrons. The van der Waals surface area contributed by atoms with E-state index in [1.165, 1.54) is 7.11 Å². The molecule has 0 saturated heterocycles. The van der Waals surface area contributed by atoms with Crippen LogP contribution in [0.15, 0.2) is 11.5 Å². The Morgan fingerprint density at radius 3 is 2.56 bits per heavy atom. The van der Waals surface area contributed by atoms with Crippen LogP contribution in [0.3, 0.4) is 0 Å². The minimum atomic E-state index is -0.772. The van der Waals surface area contributed by atoms with Crippen molar-refractivity contribution in [3.63, 3.8) is 0 Å². The molecule has 0 aliphatic carbocycles. The van der Waals surface area contributed by atoms with Crippen molar-refractivity contribution in [1.29, 1.82) is 0 Å². The molecule has 5 nitrogen and oxygen atoms in total. The SMILES string of the molecule is COC1C(O)=C(O)C(C)OC1OCCCCCS. The maximum atomic E-state index is 9.75. The summed E-state index contributed by atoms with van der Waals surface area (Å²) in [4.78, 5) is 0. The Morgan fingerprint density at radius 2 is 1.94 bits per heavy atom. The second-order valence-corrected chi connectivity index (χ2v) is 4.68. The maximum Gasteiger partial charge on any atom is 0.191 e. The summed E-state index contributed by atoms with van der Waals surface area (Å²) in [5.74, 6) is 0.461. The van der Waals surface area contributed by atoms with Crippen molar-refractivity contribution in [3.8, 4) is 0 Å². The first-order valence-corrected chi connectivity index (χ1v) is 6.77. The summed E-state index contributed by atoms with van der Waals surface area (Å²) in [5.41, 5.74) is 0. The van der Waals surface area contributed by atoms with E-state index in [9.17, 15) is 10.2 Å². The van der Waals surface area contributed by atoms with Crippen LogP contribution in [-0.2, 0) is 14.2 Å². The van der Waals surface area contributed by atoms with E-state index in [-0.39, 0.29) is 11.5 Å². The molecule has 2 N–H and O–H groups in total. The highest BCUT2D eigenvalue weighted by molar-refractivity contribution is 7.80. The van der Waals surface area contributed by atoms with Crippen LogP contribution in [0.25, 0.3) is 0 Å². The van der Waals surface area contributed by atoms with Gasteiger partial charge in [-0.2, -0.15) is 12.6 Å². The summed E-state index contributed by atoms with van der Waals surface area (Å²) in [6, 6.07) is 0. The van der Waals surface area contributed by atoms with E-state index < -0.39 is 18.5 Å². The van der Waals surface area contributed by atoms with Crippen LogP contribution in [0.4, 0.5) is 0 Å². The van der Waals surface area contributed by atoms with Gasteiger partial charge >= 0.3 is 0 Å². The van der Waals surface area contributed by atoms with Crippen molar-refractivity contribution in [1.82, 2.24) is 0 Å². The first kappa shape index (κ1) is 15.6. The van der Waals surface area contributed by atoms with Crippen LogP contribution >= 0.6 is 12.6 Å². The summed E-state index contributed by atoms with van der Waals surface area (Å²) in [7, 11) is 1.44. The molecule has 1 heterocycles. The number of aliphatic hydroxyl groups is 2. The molecule has 0 aromatic carbocycles. The molecule has 3 atom stereocenters. The topological polar surface area (TPSA) is 68.2 Å². The molecular weight excluding hydrogens is 256 g/mol. The molecule has 3 unspecified atom stereocenters. The lowest BCUT2D eigenvalue weighted by molar-refractivity contribution is -0.228. The minimum absolute atomic E-state index is 0.197. The van der Waals surface area contributed by atoms with Gasteiger partial charge in [0, 0.05) is 13.7 Å². The lowest BCUT2D eigenvalue weighted by Crippen LogP contribution is -2.43. The highest BCUT2D eigenvalue weighted by Crippen LogP contribution is 2.25. The van der Waals surface area contributed by atoms with Gasteiger partial charge in [-0.25, -0.2) is 0 Å². The first-order valence-electron chi connectivity index (χ1n) is 6.14. The Balaban J connectivity index is 2.45. The van der Waals surface area contributed by atoms with E-state index in [1.54, 1.807) is 6.92 Å². The van der Waals surface area contributed by atoms with Crippen LogP contribution in [0.5, 0.6) is 0 Å². The fraction of sp³-hybridized carbons (Fsp3) is 0.833. The molecule has 1 aliphatic rings. The molecule has 1 aliphatic heterocycles. The van der Waals surface area contributed by atoms with Gasteiger partial charge in [-0.05, 0) is 25.5 Å². The molecule has 0 bridgehead atoms. The predicted octanol–water partition coefficient (Wildman–Crippen LogP) is 2.19. The van der Waals surface area contributed by atoms with Crippen LogP contribution < -0.4 is 0 Å². The number of thiol groups is 1. The Labute approximate surface area is 113 Å². The second-order valence-electron chi connectivity index (χ2n) is 4.23. The molecule has 18 heavy (non-hydrogen) atoms. The molecule has 0 aromatic rings. The Kier molecular flexibility index (Phi) is 6.85. The molecule has 0 fully saturated rings. The predicted molar refractivity (Wildman–Crippen MR) is 71.1 cm³/mol. The number of ether oxygens (including phenoxy) is 3. The average molecular weight is 278 g/mol. The summed E-state index contributed by atoms with van der Waals surface area (Å²) in [6.45, 7) is 2.17. The quantitative estimate of drug-likeness (QED) is 0.492. The van der Waals surface area contributed by atoms with Crippen molar-refractivity contribution < 1.29 is 24.4 Å². The molecule has 0 saturated carbocycles. The zero-order chi connectivity index (χ0) is 13.5. The molecular formula is C12H22O5S. The molecule has 0 amide bonds. The van der Waals surface area contributed by atoms with Gasteiger partial charge in [-0.3, -0.25) is 0 Å². The Morgan fingerprint density at radius 1 is 1.22 bits per heavy atom. The standard InChI is InChI=1S/C12H22O5S/c1-8-9(13)10(14)11(15-2)12(17-8)16-6-4-3-5-7-18/h8,11-14,18H,3-7H2,1-2H3. The zero-order valence-electron chi connectivity index (χ0n) is 10.8. The lowest BCUT2D eigenvalue weighted by atomic mass is 10.1. The fourth-order valence-corrected chi connectivity index (χ4v) is 1.98. The average Bonchev–Trinajstić information content (AvgIpc) is 2.36. The molecule has 0 spiro atoms. The highest BCUT2D eigenvalue weighted by atomic mass is 32.1. The Hall–Kier alpha value is -0.430. The van der Waals surface area contributed by atoms with Gasteiger partial charge in [0.25, 0.3) is 0 Å². The number of hydrogen-bond acceptors (Lipinski definition) is 6. The van der Waals surface area contributed by atoms with Gasteiger partial charge in [0.2, 0.25) is 0 Å². The summed E-state index contributed by atoms with van der Waals surface area (Å²) >= 11 is 4.13. The van der Waals surface area contributed by atoms with Gasteiger partial charge in [0.1, 0.15) is 6.10 Å². The van der Waals surface area contributed by atoms with Gasteiger partial charge < -0.3 is 24.4 Å². The molecule has 0 aromatic heterocycles. The largest absolute Gasteiger partial charge is 0.506 e. The van der Waals surface area contributed by atoms with Crippen LogP contribution in [0.2, 0.25) is 0 Å². The monoisotopic (exact) mass is 278 g/mol. The zero-order valence-corrected chi connectivity index (χ0v) is 11.7. The molecule has 1 rings (SSSR count). The smallest absolute Gasteiger partial charge is 0.191 e. The van der Waals surface area contributed by atoms with Crippen molar-refractivity contribution in [2.75, 3.05) is 19.5 Å². The molecule has 0 radical (unpaired) electrons. The van der Waals surface area contributed by atoms with E-state index in [1.807, 2.05) is 0 Å². The number of hydrogen-bond donors (Lipinski definition) is 3. The van der Waals surface area contributed by atoms with Crippen LogP contribution in [0.1, 0.15) is 26.2 Å². The van der Waals surface area contributed by atoms with Gasteiger partial charge in [0.15, 0.2) is 23.9 Å². The summed E-state index contributed by atoms with van der Waals surface area (Å²) in [5, 5.41) is 19.3. The third-order valence-electron chi connectivity index (χ3n) is 2.84. The van der Waals surface area contributed by atoms with Gasteiger partial charge in [-0.15, -0.1) is 0 Å². The summed E-state index contributed by atoms with van der Waals surface area (Å²) in [6.07, 6.45) is 0.952. The second kappa shape index (κ2) is 7.89. The minimum Gasteiger partial charge on any atom is -0.506 e. The van der Waals surface area contributed by atoms with Crippen LogP contribution in [0, 0.1) is 0 Å². The lowest BCUT2D eigenvalue weighted by Gasteiger charge is -2.33. The third-order valence-corrected chi connectivity index (χ3v) is 3.16. The van der Waals surface area contributed by atoms with Crippen LogP contribution in [-0.4, -0.2) is 48.2 Å². The number of methoxy groups -OCH3 is 1. The fourth-order valence-electron chi connectivity index (χ4n) is 1.76. The van der Waals surface area contributed by atoms with E-state index >= 15 is 0 Å². The Bertz CT molecular complexity index is 282. The van der Waals surface area contributed by atoms with E-state index in [2.05, 4.69) is 12.6 Å².